The number of nitrogens with zero attached hydrogens (tertiary/aromatic N) is 2. The van der Waals surface area contributed by atoms with Gasteiger partial charge < -0.3 is 5.32 Å². The summed E-state index contributed by atoms with van der Waals surface area (Å²) in [5.74, 6) is 2.34. The molecule has 4 heteroatoms. The zero-order chi connectivity index (χ0) is 16.8. The van der Waals surface area contributed by atoms with Gasteiger partial charge in [0.25, 0.3) is 0 Å². The third-order valence-electron chi connectivity index (χ3n) is 5.78. The van der Waals surface area contributed by atoms with Crippen LogP contribution in [-0.2, 0) is 0 Å². The highest BCUT2D eigenvalue weighted by Gasteiger charge is 2.39. The zero-order valence-corrected chi connectivity index (χ0v) is 15.3. The summed E-state index contributed by atoms with van der Waals surface area (Å²) < 4.78 is 0. The van der Waals surface area contributed by atoms with Crippen LogP contribution in [0.25, 0.3) is 5.57 Å². The Balaban J connectivity index is 1.45. The molecular weight excluding hydrogens is 326 g/mol. The molecule has 1 aliphatic carbocycles. The molecule has 0 spiro atoms. The number of nitrogens with one attached hydrogen (secondary N) is 1. The molecular formula is C21H23N3S. The molecule has 0 amide bonds. The number of likely N-dealkylation sites (N-methyl/N-ethyl adjacent to an activating group) is 1. The van der Waals surface area contributed by atoms with E-state index in [4.69, 9.17) is 0 Å². The highest BCUT2D eigenvalue weighted by molar-refractivity contribution is 7.99. The second-order valence-electron chi connectivity index (χ2n) is 7.40. The van der Waals surface area contributed by atoms with Crippen LogP contribution in [0.4, 0.5) is 5.69 Å². The van der Waals surface area contributed by atoms with Crippen LogP contribution in [0.3, 0.4) is 0 Å². The fourth-order valence-corrected chi connectivity index (χ4v) is 5.57. The molecule has 0 saturated heterocycles. The van der Waals surface area contributed by atoms with Crippen molar-refractivity contribution in [3.63, 3.8) is 0 Å². The van der Waals surface area contributed by atoms with E-state index in [0.29, 0.717) is 17.9 Å². The molecule has 0 saturated carbocycles. The van der Waals surface area contributed by atoms with Gasteiger partial charge in [-0.3, -0.25) is 4.90 Å². The molecule has 0 fully saturated rings. The van der Waals surface area contributed by atoms with Gasteiger partial charge in [0.15, 0.2) is 0 Å². The minimum absolute atomic E-state index is 0.573. The van der Waals surface area contributed by atoms with Crippen LogP contribution in [0.5, 0.6) is 0 Å². The molecule has 1 aromatic heterocycles. The van der Waals surface area contributed by atoms with E-state index in [-0.39, 0.29) is 0 Å². The van der Waals surface area contributed by atoms with Crippen molar-refractivity contribution in [2.24, 2.45) is 5.92 Å². The standard InChI is InChI=1S/C21H23N3S/c1-24-12-14(13-25-20-7-2-3-8-22-20)9-17-16-5-4-6-18-21(16)15(11-23-18)10-19(17)24/h2-9,14-15,19,23H,10-13H2,1H3/t14?,15?,19-/m1/s1. The first-order valence-electron chi connectivity index (χ1n) is 9.12. The summed E-state index contributed by atoms with van der Waals surface area (Å²) in [6, 6.07) is 13.5. The van der Waals surface area contributed by atoms with Gasteiger partial charge in [-0.2, -0.15) is 0 Å². The van der Waals surface area contributed by atoms with Crippen LogP contribution in [-0.4, -0.2) is 41.8 Å². The Morgan fingerprint density at radius 1 is 1.24 bits per heavy atom. The molecule has 128 valence electrons. The van der Waals surface area contributed by atoms with Gasteiger partial charge in [0.05, 0.1) is 5.03 Å². The zero-order valence-electron chi connectivity index (χ0n) is 14.5. The van der Waals surface area contributed by atoms with Gasteiger partial charge >= 0.3 is 0 Å². The maximum Gasteiger partial charge on any atom is 0.0960 e. The number of anilines is 1. The summed E-state index contributed by atoms with van der Waals surface area (Å²) in [5.41, 5.74) is 5.96. The molecule has 2 aromatic rings. The van der Waals surface area contributed by atoms with Crippen molar-refractivity contribution < 1.29 is 0 Å². The van der Waals surface area contributed by atoms with Gasteiger partial charge in [-0.25, -0.2) is 4.98 Å². The van der Waals surface area contributed by atoms with Crippen molar-refractivity contribution in [2.75, 3.05) is 31.2 Å². The average Bonchev–Trinajstić information content (AvgIpc) is 3.06. The third-order valence-corrected chi connectivity index (χ3v) is 6.92. The maximum absolute atomic E-state index is 4.45. The van der Waals surface area contributed by atoms with Crippen molar-refractivity contribution in [3.8, 4) is 0 Å². The van der Waals surface area contributed by atoms with Crippen molar-refractivity contribution in [1.82, 2.24) is 9.88 Å². The predicted octanol–water partition coefficient (Wildman–Crippen LogP) is 4.10. The van der Waals surface area contributed by atoms with Crippen molar-refractivity contribution in [3.05, 3.63) is 59.8 Å². The summed E-state index contributed by atoms with van der Waals surface area (Å²) in [7, 11) is 2.30. The second-order valence-corrected chi connectivity index (χ2v) is 8.44. The molecule has 1 aromatic carbocycles. The normalized spacial score (nSPS) is 27.2. The van der Waals surface area contributed by atoms with E-state index in [0.717, 1.165) is 23.9 Å². The second kappa shape index (κ2) is 6.19. The number of fused-ring (bicyclic) bond motifs is 2. The summed E-state index contributed by atoms with van der Waals surface area (Å²) in [6.07, 6.45) is 5.69. The highest BCUT2D eigenvalue weighted by Crippen LogP contribution is 2.48. The number of pyridine rings is 1. The van der Waals surface area contributed by atoms with E-state index in [9.17, 15) is 0 Å². The van der Waals surface area contributed by atoms with Gasteiger partial charge in [-0.05, 0) is 54.3 Å². The molecule has 1 N–H and O–H groups in total. The summed E-state index contributed by atoms with van der Waals surface area (Å²) >= 11 is 1.87. The summed E-state index contributed by atoms with van der Waals surface area (Å²) in [5, 5.41) is 4.73. The Morgan fingerprint density at radius 2 is 2.20 bits per heavy atom. The Hall–Kier alpha value is -1.78. The molecule has 25 heavy (non-hydrogen) atoms. The largest absolute Gasteiger partial charge is 0.384 e. The third kappa shape index (κ3) is 2.68. The fourth-order valence-electron chi connectivity index (χ4n) is 4.67. The number of rotatable bonds is 3. The molecule has 0 radical (unpaired) electrons. The minimum atomic E-state index is 0.573. The maximum atomic E-state index is 4.45. The van der Waals surface area contributed by atoms with Gasteiger partial charge in [-0.1, -0.05) is 24.3 Å². The topological polar surface area (TPSA) is 28.2 Å². The number of hydrogen-bond acceptors (Lipinski definition) is 4. The quantitative estimate of drug-likeness (QED) is 0.845. The van der Waals surface area contributed by atoms with Gasteiger partial charge in [-0.15, -0.1) is 11.8 Å². The van der Waals surface area contributed by atoms with E-state index < -0.39 is 0 Å². The van der Waals surface area contributed by atoms with Crippen LogP contribution in [0.1, 0.15) is 23.5 Å². The minimum Gasteiger partial charge on any atom is -0.384 e. The van der Waals surface area contributed by atoms with Gasteiger partial charge in [0.1, 0.15) is 0 Å². The summed E-state index contributed by atoms with van der Waals surface area (Å²) in [4.78, 5) is 7.03. The van der Waals surface area contributed by atoms with Crippen molar-refractivity contribution in [1.29, 1.82) is 0 Å². The first-order chi connectivity index (χ1) is 12.3. The van der Waals surface area contributed by atoms with Crippen LogP contribution in [0.15, 0.2) is 53.7 Å². The van der Waals surface area contributed by atoms with Crippen molar-refractivity contribution in [2.45, 2.75) is 23.4 Å². The summed E-state index contributed by atoms with van der Waals surface area (Å²) in [6.45, 7) is 2.24. The molecule has 2 unspecified atom stereocenters. The molecule has 3 heterocycles. The van der Waals surface area contributed by atoms with Crippen LogP contribution < -0.4 is 5.32 Å². The van der Waals surface area contributed by atoms with Crippen LogP contribution in [0.2, 0.25) is 0 Å². The highest BCUT2D eigenvalue weighted by atomic mass is 32.2. The lowest BCUT2D eigenvalue weighted by Gasteiger charge is -2.42. The molecule has 3 nitrogen and oxygen atoms in total. The van der Waals surface area contributed by atoms with E-state index in [2.05, 4.69) is 58.7 Å². The monoisotopic (exact) mass is 349 g/mol. The average molecular weight is 350 g/mol. The number of aromatic nitrogens is 1. The number of thioether (sulfide) groups is 1. The molecule has 3 atom stereocenters. The lowest BCUT2D eigenvalue weighted by molar-refractivity contribution is 0.234. The first-order valence-corrected chi connectivity index (χ1v) is 10.1. The van der Waals surface area contributed by atoms with E-state index in [1.54, 1.807) is 11.1 Å². The van der Waals surface area contributed by atoms with Crippen LogP contribution in [0, 0.1) is 5.92 Å². The van der Waals surface area contributed by atoms with E-state index in [1.807, 2.05) is 24.0 Å². The Morgan fingerprint density at radius 3 is 3.08 bits per heavy atom. The van der Waals surface area contributed by atoms with Gasteiger partial charge in [0.2, 0.25) is 0 Å². The molecule has 3 aliphatic rings. The fraction of sp³-hybridized carbons (Fsp3) is 0.381. The van der Waals surface area contributed by atoms with E-state index in [1.165, 1.54) is 17.7 Å². The Bertz CT molecular complexity index is 817. The lowest BCUT2D eigenvalue weighted by Crippen LogP contribution is -2.43. The van der Waals surface area contributed by atoms with Crippen LogP contribution >= 0.6 is 11.8 Å². The molecule has 2 aliphatic heterocycles. The Labute approximate surface area is 153 Å². The number of hydrogen-bond donors (Lipinski definition) is 1. The molecule has 5 rings (SSSR count). The smallest absolute Gasteiger partial charge is 0.0960 e. The predicted molar refractivity (Wildman–Crippen MR) is 105 cm³/mol. The lowest BCUT2D eigenvalue weighted by atomic mass is 9.75. The first kappa shape index (κ1) is 15.5. The van der Waals surface area contributed by atoms with Gasteiger partial charge in [0, 0.05) is 42.7 Å². The van der Waals surface area contributed by atoms with Crippen molar-refractivity contribution >= 4 is 23.0 Å². The van der Waals surface area contributed by atoms with E-state index >= 15 is 0 Å². The Kier molecular flexibility index (Phi) is 3.83. The SMILES string of the molecule is CN1CC(CSc2ccccn2)C=C2c3cccc4c3C(CN4)C[C@H]21. The number of benzene rings is 1. The molecule has 0 bridgehead atoms.